The third-order valence-corrected chi connectivity index (χ3v) is 9.83. The lowest BCUT2D eigenvalue weighted by Gasteiger charge is -2.14. The van der Waals surface area contributed by atoms with Crippen molar-refractivity contribution >= 4 is 50.5 Å². The number of nitriles is 2. The molecule has 3 N–H and O–H groups in total. The van der Waals surface area contributed by atoms with Crippen molar-refractivity contribution in [3.05, 3.63) is 173 Å². The lowest BCUT2D eigenvalue weighted by molar-refractivity contribution is 0.306. The number of ether oxygens (including phenoxy) is 6. The molecule has 12 nitrogen and oxygen atoms in total. The Morgan fingerprint density at radius 2 is 0.984 bits per heavy atom. The molecule has 13 heteroatoms. The van der Waals surface area contributed by atoms with Gasteiger partial charge in [0, 0.05) is 46.7 Å². The predicted molar refractivity (Wildman–Crippen MR) is 246 cm³/mol. The van der Waals surface area contributed by atoms with Crippen molar-refractivity contribution in [3.63, 3.8) is 0 Å². The summed E-state index contributed by atoms with van der Waals surface area (Å²) in [6.07, 6.45) is 2.99. The van der Waals surface area contributed by atoms with E-state index in [0.29, 0.717) is 74.5 Å². The Morgan fingerprint density at radius 1 is 0.556 bits per heavy atom. The molecule has 0 aliphatic heterocycles. The van der Waals surface area contributed by atoms with E-state index in [4.69, 9.17) is 51.0 Å². The summed E-state index contributed by atoms with van der Waals surface area (Å²) in [5.74, 6) is 3.89. The van der Waals surface area contributed by atoms with E-state index in [1.54, 1.807) is 52.8 Å². The first-order valence-corrected chi connectivity index (χ1v) is 19.8. The van der Waals surface area contributed by atoms with Crippen LogP contribution in [0.15, 0.2) is 146 Å². The number of aromatic nitrogens is 2. The normalized spacial score (nSPS) is 10.1. The fourth-order valence-electron chi connectivity index (χ4n) is 6.13. The van der Waals surface area contributed by atoms with Crippen LogP contribution in [0.3, 0.4) is 0 Å². The van der Waals surface area contributed by atoms with Crippen LogP contribution in [0.1, 0.15) is 22.3 Å². The summed E-state index contributed by atoms with van der Waals surface area (Å²) < 4.78 is 32.6. The lowest BCUT2D eigenvalue weighted by atomic mass is 10.1. The molecule has 8 aromatic rings. The topological polar surface area (TPSA) is 167 Å². The fourth-order valence-corrected chi connectivity index (χ4v) is 6.37. The number of halogens is 1. The van der Waals surface area contributed by atoms with Gasteiger partial charge in [-0.1, -0.05) is 72.3 Å². The van der Waals surface area contributed by atoms with Gasteiger partial charge < -0.3 is 39.5 Å². The van der Waals surface area contributed by atoms with Gasteiger partial charge >= 0.3 is 0 Å². The summed E-state index contributed by atoms with van der Waals surface area (Å²) >= 11 is 6.11. The predicted octanol–water partition coefficient (Wildman–Crippen LogP) is 11.1. The maximum absolute atomic E-state index is 9.60. The van der Waals surface area contributed by atoms with E-state index in [1.165, 1.54) is 6.20 Å². The average Bonchev–Trinajstić information content (AvgIpc) is 3.34. The number of rotatable bonds is 12. The van der Waals surface area contributed by atoms with E-state index in [0.717, 1.165) is 39.4 Å². The van der Waals surface area contributed by atoms with E-state index in [1.807, 2.05) is 121 Å². The monoisotopic (exact) mass is 858 g/mol. The van der Waals surface area contributed by atoms with Crippen molar-refractivity contribution in [2.75, 3.05) is 39.5 Å². The molecule has 8 rings (SSSR count). The second-order valence-electron chi connectivity index (χ2n) is 13.5. The van der Waals surface area contributed by atoms with Crippen molar-refractivity contribution in [2.45, 2.75) is 13.2 Å². The second-order valence-corrected chi connectivity index (χ2v) is 13.8. The van der Waals surface area contributed by atoms with Crippen LogP contribution in [0.25, 0.3) is 21.8 Å². The van der Waals surface area contributed by atoms with Crippen LogP contribution >= 0.6 is 11.6 Å². The van der Waals surface area contributed by atoms with Crippen molar-refractivity contribution < 1.29 is 28.4 Å². The van der Waals surface area contributed by atoms with E-state index in [-0.39, 0.29) is 0 Å². The molecule has 0 aliphatic carbocycles. The molecular formula is C50H43ClN6O6. The van der Waals surface area contributed by atoms with Gasteiger partial charge in [0.2, 0.25) is 0 Å². The molecule has 0 bridgehead atoms. The Kier molecular flexibility index (Phi) is 15.4. The molecule has 0 radical (unpaired) electrons. The number of pyridine rings is 2. The van der Waals surface area contributed by atoms with Gasteiger partial charge in [-0.3, -0.25) is 9.97 Å². The smallest absolute Gasteiger partial charge is 0.162 e. The third-order valence-electron chi connectivity index (χ3n) is 9.42. The molecule has 2 aromatic heterocycles. The molecule has 63 heavy (non-hydrogen) atoms. The minimum absolute atomic E-state index is 0.339. The second kappa shape index (κ2) is 21.9. The van der Waals surface area contributed by atoms with E-state index < -0.39 is 0 Å². The van der Waals surface area contributed by atoms with Gasteiger partial charge in [0.05, 0.1) is 61.3 Å². The number of methoxy groups -OCH3 is 4. The maximum atomic E-state index is 9.60. The van der Waals surface area contributed by atoms with Gasteiger partial charge in [-0.2, -0.15) is 10.5 Å². The number of nitrogen functional groups attached to an aromatic ring is 1. The number of anilines is 3. The van der Waals surface area contributed by atoms with Gasteiger partial charge in [-0.05, 0) is 71.8 Å². The SMILES string of the molecule is COc1cc2ncc(C#N)c(Cl)c2cc1OC.COc1cc2ncc(C#N)c(Nc3ccc(OCc4ccccc4)cc3)c2cc1OC.Nc1ccc(OCc2ccccc2)cc1. The van der Waals surface area contributed by atoms with Gasteiger partial charge in [0.15, 0.2) is 23.0 Å². The largest absolute Gasteiger partial charge is 0.493 e. The molecule has 316 valence electrons. The van der Waals surface area contributed by atoms with Gasteiger partial charge in [0.25, 0.3) is 0 Å². The Hall–Kier alpha value is -8.19. The summed E-state index contributed by atoms with van der Waals surface area (Å²) in [6.45, 7) is 1.09. The summed E-state index contributed by atoms with van der Waals surface area (Å²) in [5.41, 5.74) is 12.2. The highest BCUT2D eigenvalue weighted by Crippen LogP contribution is 2.38. The fraction of sp³-hybridized carbons (Fsp3) is 0.120. The quantitative estimate of drug-likeness (QED) is 0.112. The highest BCUT2D eigenvalue weighted by Gasteiger charge is 2.15. The Bertz CT molecular complexity index is 2850. The Balaban J connectivity index is 0.000000174. The van der Waals surface area contributed by atoms with Crippen LogP contribution < -0.4 is 39.5 Å². The first kappa shape index (κ1) is 44.4. The lowest BCUT2D eigenvalue weighted by Crippen LogP contribution is -1.99. The molecule has 6 aromatic carbocycles. The summed E-state index contributed by atoms with van der Waals surface area (Å²) in [7, 11) is 6.24. The average molecular weight is 859 g/mol. The van der Waals surface area contributed by atoms with Crippen LogP contribution in [-0.4, -0.2) is 38.4 Å². The number of benzene rings is 6. The van der Waals surface area contributed by atoms with E-state index in [2.05, 4.69) is 21.4 Å². The number of hydrogen-bond acceptors (Lipinski definition) is 12. The number of hydrogen-bond donors (Lipinski definition) is 2. The maximum Gasteiger partial charge on any atom is 0.162 e. The Labute approximate surface area is 370 Å². The van der Waals surface area contributed by atoms with Crippen LogP contribution in [-0.2, 0) is 13.2 Å². The van der Waals surface area contributed by atoms with Crippen molar-refractivity contribution in [3.8, 4) is 46.6 Å². The number of nitrogens with one attached hydrogen (secondary N) is 1. The van der Waals surface area contributed by atoms with Crippen molar-refractivity contribution in [1.82, 2.24) is 9.97 Å². The molecule has 0 amide bonds. The number of nitrogens with zero attached hydrogens (tertiary/aromatic N) is 4. The van der Waals surface area contributed by atoms with Gasteiger partial charge in [-0.25, -0.2) is 0 Å². The van der Waals surface area contributed by atoms with Gasteiger partial charge in [0.1, 0.15) is 36.9 Å². The highest BCUT2D eigenvalue weighted by molar-refractivity contribution is 6.36. The minimum Gasteiger partial charge on any atom is -0.493 e. The molecule has 0 atom stereocenters. The zero-order valence-electron chi connectivity index (χ0n) is 35.0. The Morgan fingerprint density at radius 3 is 1.46 bits per heavy atom. The molecular weight excluding hydrogens is 816 g/mol. The molecule has 0 fully saturated rings. The molecule has 0 unspecified atom stereocenters. The first-order valence-electron chi connectivity index (χ1n) is 19.4. The highest BCUT2D eigenvalue weighted by atomic mass is 35.5. The van der Waals surface area contributed by atoms with Crippen molar-refractivity contribution in [1.29, 1.82) is 10.5 Å². The molecule has 2 heterocycles. The zero-order chi connectivity index (χ0) is 44.6. The van der Waals surface area contributed by atoms with Gasteiger partial charge in [-0.15, -0.1) is 0 Å². The minimum atomic E-state index is 0.339. The summed E-state index contributed by atoms with van der Waals surface area (Å²) in [5, 5.41) is 23.6. The van der Waals surface area contributed by atoms with Crippen LogP contribution in [0, 0.1) is 22.7 Å². The van der Waals surface area contributed by atoms with Crippen molar-refractivity contribution in [2.24, 2.45) is 0 Å². The molecule has 0 saturated carbocycles. The third kappa shape index (κ3) is 11.6. The first-order chi connectivity index (χ1) is 30.8. The molecule has 0 saturated heterocycles. The molecule has 0 spiro atoms. The molecule has 0 aliphatic rings. The zero-order valence-corrected chi connectivity index (χ0v) is 35.7. The number of nitrogens with two attached hydrogens (primary N) is 1. The van der Waals surface area contributed by atoms with E-state index >= 15 is 0 Å². The van der Waals surface area contributed by atoms with Crippen LogP contribution in [0.5, 0.6) is 34.5 Å². The number of fused-ring (bicyclic) bond motifs is 2. The van der Waals surface area contributed by atoms with Crippen LogP contribution in [0.2, 0.25) is 5.02 Å². The summed E-state index contributed by atoms with van der Waals surface area (Å²) in [4.78, 5) is 8.54. The van der Waals surface area contributed by atoms with Crippen LogP contribution in [0.4, 0.5) is 17.1 Å². The summed E-state index contributed by atoms with van der Waals surface area (Å²) in [6, 6.07) is 46.3. The standard InChI is InChI=1S/C25H21N3O3.C13H13NO.C12H9ClN2O2/c1-29-23-12-21-22(13-24(23)30-2)27-15-18(14-26)25(21)28-19-8-10-20(11-9-19)31-16-17-6-4-3-5-7-17;14-12-6-8-13(9-7-12)15-10-11-4-2-1-3-5-11;1-16-10-3-8-9(4-11(10)17-2)15-6-7(5-14)12(8)13/h3-13,15H,16H2,1-2H3,(H,27,28);1-9H,10,14H2;3-4,6H,1-2H3. The van der Waals surface area contributed by atoms with E-state index in [9.17, 15) is 5.26 Å².